The van der Waals surface area contributed by atoms with Crippen LogP contribution in [-0.2, 0) is 0 Å². The van der Waals surface area contributed by atoms with Crippen LogP contribution in [0.25, 0.3) is 0 Å². The average molecular weight is 215 g/mol. The van der Waals surface area contributed by atoms with Gasteiger partial charge >= 0.3 is 0 Å². The van der Waals surface area contributed by atoms with Gasteiger partial charge in [-0.25, -0.2) is 0 Å². The highest BCUT2D eigenvalue weighted by Crippen LogP contribution is 2.23. The van der Waals surface area contributed by atoms with Crippen molar-refractivity contribution in [2.24, 2.45) is 5.92 Å². The third-order valence-corrected chi connectivity index (χ3v) is 4.18. The summed E-state index contributed by atoms with van der Waals surface area (Å²) in [7, 11) is 0. The summed E-state index contributed by atoms with van der Waals surface area (Å²) < 4.78 is 0. The van der Waals surface area contributed by atoms with Crippen molar-refractivity contribution in [3.8, 4) is 0 Å². The highest BCUT2D eigenvalue weighted by molar-refractivity contribution is 7.99. The third kappa shape index (κ3) is 4.70. The summed E-state index contributed by atoms with van der Waals surface area (Å²) in [5.74, 6) is 2.16. The topological polar surface area (TPSA) is 12.0 Å². The minimum Gasteiger partial charge on any atom is -0.313 e. The maximum Gasteiger partial charge on any atom is 0.00930 e. The molecule has 0 radical (unpaired) electrons. The van der Waals surface area contributed by atoms with Crippen molar-refractivity contribution in [2.45, 2.75) is 57.7 Å². The first-order valence-electron chi connectivity index (χ1n) is 6.05. The first kappa shape index (κ1) is 12.4. The van der Waals surface area contributed by atoms with Gasteiger partial charge in [-0.15, -0.1) is 0 Å². The van der Waals surface area contributed by atoms with E-state index in [1.54, 1.807) is 0 Å². The highest BCUT2D eigenvalue weighted by atomic mass is 32.2. The van der Waals surface area contributed by atoms with Gasteiger partial charge in [0.15, 0.2) is 0 Å². The van der Waals surface area contributed by atoms with E-state index in [9.17, 15) is 0 Å². The van der Waals surface area contributed by atoms with Crippen molar-refractivity contribution in [2.75, 3.05) is 12.3 Å². The fraction of sp³-hybridized carbons (Fsp3) is 1.00. The van der Waals surface area contributed by atoms with Crippen molar-refractivity contribution in [3.05, 3.63) is 0 Å². The van der Waals surface area contributed by atoms with Gasteiger partial charge in [0.1, 0.15) is 0 Å². The summed E-state index contributed by atoms with van der Waals surface area (Å²) in [5.41, 5.74) is 0. The minimum atomic E-state index is 0.778. The first-order valence-corrected chi connectivity index (χ1v) is 7.10. The number of rotatable bonds is 5. The van der Waals surface area contributed by atoms with E-state index in [1.165, 1.54) is 38.0 Å². The molecule has 0 saturated heterocycles. The summed E-state index contributed by atoms with van der Waals surface area (Å²) in [4.78, 5) is 0. The van der Waals surface area contributed by atoms with Crippen LogP contribution in [0.3, 0.4) is 0 Å². The Morgan fingerprint density at radius 1 is 1.29 bits per heavy atom. The lowest BCUT2D eigenvalue weighted by Gasteiger charge is -2.29. The Bertz CT molecular complexity index is 147. The van der Waals surface area contributed by atoms with Crippen LogP contribution in [0.1, 0.15) is 46.5 Å². The van der Waals surface area contributed by atoms with E-state index in [0.717, 1.165) is 17.2 Å². The predicted octanol–water partition coefficient (Wildman–Crippen LogP) is 3.30. The first-order chi connectivity index (χ1) is 6.70. The maximum atomic E-state index is 3.71. The molecule has 0 spiro atoms. The van der Waals surface area contributed by atoms with Crippen LogP contribution >= 0.6 is 11.8 Å². The van der Waals surface area contributed by atoms with Gasteiger partial charge in [0.25, 0.3) is 0 Å². The van der Waals surface area contributed by atoms with Gasteiger partial charge < -0.3 is 5.32 Å². The van der Waals surface area contributed by atoms with Crippen LogP contribution in [0.2, 0.25) is 0 Å². The Hall–Kier alpha value is 0.310. The molecule has 1 rings (SSSR count). The second-order valence-electron chi connectivity index (χ2n) is 4.74. The third-order valence-electron chi connectivity index (χ3n) is 3.07. The zero-order valence-corrected chi connectivity index (χ0v) is 10.7. The number of hydrogen-bond acceptors (Lipinski definition) is 2. The van der Waals surface area contributed by atoms with Crippen molar-refractivity contribution >= 4 is 11.8 Å². The van der Waals surface area contributed by atoms with Crippen LogP contribution in [-0.4, -0.2) is 23.6 Å². The molecule has 84 valence electrons. The molecule has 2 atom stereocenters. The van der Waals surface area contributed by atoms with Crippen molar-refractivity contribution in [3.63, 3.8) is 0 Å². The molecule has 1 saturated carbocycles. The van der Waals surface area contributed by atoms with Crippen LogP contribution < -0.4 is 5.32 Å². The molecule has 0 heterocycles. The summed E-state index contributed by atoms with van der Waals surface area (Å²) in [6.45, 7) is 8.13. The second-order valence-corrected chi connectivity index (χ2v) is 6.43. The van der Waals surface area contributed by atoms with Gasteiger partial charge in [0.05, 0.1) is 0 Å². The van der Waals surface area contributed by atoms with E-state index in [1.807, 2.05) is 0 Å². The molecule has 14 heavy (non-hydrogen) atoms. The molecule has 2 unspecified atom stereocenters. The van der Waals surface area contributed by atoms with Gasteiger partial charge in [-0.1, -0.05) is 33.6 Å². The summed E-state index contributed by atoms with van der Waals surface area (Å²) >= 11 is 2.06. The van der Waals surface area contributed by atoms with Crippen molar-refractivity contribution in [1.29, 1.82) is 0 Å². The van der Waals surface area contributed by atoms with Crippen molar-refractivity contribution < 1.29 is 0 Å². The van der Waals surface area contributed by atoms with E-state index in [0.29, 0.717) is 0 Å². The summed E-state index contributed by atoms with van der Waals surface area (Å²) in [5, 5.41) is 4.48. The number of nitrogens with one attached hydrogen (secondary N) is 1. The lowest BCUT2D eigenvalue weighted by Crippen LogP contribution is -2.38. The Morgan fingerprint density at radius 3 is 2.64 bits per heavy atom. The standard InChI is InChI=1S/C12H25NS/c1-10(2)14-9-8-13-12-7-5-4-6-11(12)3/h10-13H,4-9H2,1-3H3. The van der Waals surface area contributed by atoms with Gasteiger partial charge in [-0.2, -0.15) is 11.8 Å². The van der Waals surface area contributed by atoms with E-state index >= 15 is 0 Å². The molecule has 1 nitrogen and oxygen atoms in total. The summed E-state index contributed by atoms with van der Waals surface area (Å²) in [6.07, 6.45) is 5.70. The smallest absolute Gasteiger partial charge is 0.00930 e. The molecule has 1 fully saturated rings. The molecule has 0 aromatic heterocycles. The molecular formula is C12H25NS. The largest absolute Gasteiger partial charge is 0.313 e. The molecule has 2 heteroatoms. The molecule has 0 aromatic carbocycles. The molecule has 0 amide bonds. The van der Waals surface area contributed by atoms with Crippen LogP contribution in [0.4, 0.5) is 0 Å². The van der Waals surface area contributed by atoms with Crippen molar-refractivity contribution in [1.82, 2.24) is 5.32 Å². The monoisotopic (exact) mass is 215 g/mol. The van der Waals surface area contributed by atoms with Gasteiger partial charge in [-0.05, 0) is 24.0 Å². The second kappa shape index (κ2) is 6.73. The van der Waals surface area contributed by atoms with Gasteiger partial charge in [-0.3, -0.25) is 0 Å². The Balaban J connectivity index is 2.04. The SMILES string of the molecule is CC(C)SCCNC1CCCCC1C. The fourth-order valence-corrected chi connectivity index (χ4v) is 2.87. The number of thioether (sulfide) groups is 1. The molecular weight excluding hydrogens is 190 g/mol. The molecule has 0 bridgehead atoms. The minimum absolute atomic E-state index is 0.778. The fourth-order valence-electron chi connectivity index (χ4n) is 2.16. The lowest BCUT2D eigenvalue weighted by molar-refractivity contribution is 0.285. The molecule has 0 aliphatic heterocycles. The predicted molar refractivity (Wildman–Crippen MR) is 67.0 cm³/mol. The van der Waals surface area contributed by atoms with E-state index < -0.39 is 0 Å². The highest BCUT2D eigenvalue weighted by Gasteiger charge is 2.19. The van der Waals surface area contributed by atoms with Gasteiger partial charge in [0.2, 0.25) is 0 Å². The average Bonchev–Trinajstić information content (AvgIpc) is 2.15. The maximum absolute atomic E-state index is 3.71. The summed E-state index contributed by atoms with van der Waals surface area (Å²) in [6, 6.07) is 0.802. The lowest BCUT2D eigenvalue weighted by atomic mass is 9.86. The Kier molecular flexibility index (Phi) is 5.95. The normalized spacial score (nSPS) is 28.3. The van der Waals surface area contributed by atoms with Crippen LogP contribution in [0.15, 0.2) is 0 Å². The molecule has 1 aliphatic carbocycles. The molecule has 0 aromatic rings. The Labute approximate surface area is 93.4 Å². The zero-order chi connectivity index (χ0) is 10.4. The molecule has 1 aliphatic rings. The van der Waals surface area contributed by atoms with E-state index in [4.69, 9.17) is 0 Å². The van der Waals surface area contributed by atoms with E-state index in [-0.39, 0.29) is 0 Å². The van der Waals surface area contributed by atoms with E-state index in [2.05, 4.69) is 37.8 Å². The Morgan fingerprint density at radius 2 is 2.00 bits per heavy atom. The number of hydrogen-bond donors (Lipinski definition) is 1. The quantitative estimate of drug-likeness (QED) is 0.706. The van der Waals surface area contributed by atoms with Gasteiger partial charge in [0, 0.05) is 18.3 Å². The van der Waals surface area contributed by atoms with Crippen LogP contribution in [0, 0.1) is 5.92 Å². The molecule has 1 N–H and O–H groups in total. The van der Waals surface area contributed by atoms with Crippen LogP contribution in [0.5, 0.6) is 0 Å². The zero-order valence-electron chi connectivity index (χ0n) is 9.88.